The van der Waals surface area contributed by atoms with Gasteiger partial charge in [-0.25, -0.2) is 4.79 Å². The number of carbonyl (C=O) groups excluding carboxylic acids is 1. The number of alkyl halides is 3. The number of nitrogens with zero attached hydrogens (tertiary/aromatic N) is 2. The molecule has 0 unspecified atom stereocenters. The van der Waals surface area contributed by atoms with Crippen molar-refractivity contribution in [2.75, 3.05) is 51.3 Å². The minimum absolute atomic E-state index is 0.255. The summed E-state index contributed by atoms with van der Waals surface area (Å²) >= 11 is 0. The number of hydrogen-bond acceptors (Lipinski definition) is 3. The zero-order valence-electron chi connectivity index (χ0n) is 14.6. The van der Waals surface area contributed by atoms with Crippen molar-refractivity contribution in [1.29, 1.82) is 0 Å². The van der Waals surface area contributed by atoms with E-state index in [1.54, 1.807) is 4.90 Å². The van der Waals surface area contributed by atoms with Gasteiger partial charge in [-0.05, 0) is 43.0 Å². The van der Waals surface area contributed by atoms with Gasteiger partial charge in [-0.2, -0.15) is 13.2 Å². The fourth-order valence-corrected chi connectivity index (χ4v) is 3.41. The van der Waals surface area contributed by atoms with Gasteiger partial charge in [0, 0.05) is 38.4 Å². The van der Waals surface area contributed by atoms with E-state index >= 15 is 0 Å². The summed E-state index contributed by atoms with van der Waals surface area (Å²) in [5.74, 6) is 0.572. The van der Waals surface area contributed by atoms with Crippen molar-refractivity contribution in [3.8, 4) is 0 Å². The van der Waals surface area contributed by atoms with Gasteiger partial charge in [0.2, 0.25) is 0 Å². The standard InChI is InChI=1S/C18H24F3N3O2/c19-18(20,21)15-1-3-16(4-2-15)22-17(25)24-7-5-14(6-8-24)13-23-9-11-26-12-10-23/h1-4,14H,5-13H2,(H,22,25). The van der Waals surface area contributed by atoms with Crippen LogP contribution in [0.2, 0.25) is 0 Å². The summed E-state index contributed by atoms with van der Waals surface area (Å²) in [6.07, 6.45) is -2.49. The average molecular weight is 371 g/mol. The van der Waals surface area contributed by atoms with Gasteiger partial charge >= 0.3 is 12.2 Å². The van der Waals surface area contributed by atoms with Crippen molar-refractivity contribution in [3.05, 3.63) is 29.8 Å². The molecule has 0 atom stereocenters. The van der Waals surface area contributed by atoms with Crippen LogP contribution in [0, 0.1) is 5.92 Å². The van der Waals surface area contributed by atoms with Crippen molar-refractivity contribution < 1.29 is 22.7 Å². The summed E-state index contributed by atoms with van der Waals surface area (Å²) < 4.78 is 43.1. The number of carbonyl (C=O) groups is 1. The van der Waals surface area contributed by atoms with E-state index in [0.717, 1.165) is 57.8 Å². The molecule has 2 saturated heterocycles. The van der Waals surface area contributed by atoms with Crippen molar-refractivity contribution >= 4 is 11.7 Å². The highest BCUT2D eigenvalue weighted by atomic mass is 19.4. The lowest BCUT2D eigenvalue weighted by Gasteiger charge is -2.36. The Labute approximate surface area is 151 Å². The zero-order chi connectivity index (χ0) is 18.6. The molecular formula is C18H24F3N3O2. The average Bonchev–Trinajstić information content (AvgIpc) is 2.63. The first kappa shape index (κ1) is 19.0. The van der Waals surface area contributed by atoms with E-state index in [0.29, 0.717) is 24.7 Å². The lowest BCUT2D eigenvalue weighted by Crippen LogP contribution is -2.45. The number of amides is 2. The SMILES string of the molecule is O=C(Nc1ccc(C(F)(F)F)cc1)N1CCC(CN2CCOCC2)CC1. The van der Waals surface area contributed by atoms with Crippen LogP contribution in [0.1, 0.15) is 18.4 Å². The Kier molecular flexibility index (Phi) is 6.03. The first-order valence-electron chi connectivity index (χ1n) is 8.95. The molecular weight excluding hydrogens is 347 g/mol. The van der Waals surface area contributed by atoms with Crippen LogP contribution in [0.5, 0.6) is 0 Å². The van der Waals surface area contributed by atoms with E-state index in [-0.39, 0.29) is 6.03 Å². The van der Waals surface area contributed by atoms with Crippen LogP contribution in [-0.2, 0) is 10.9 Å². The van der Waals surface area contributed by atoms with Crippen molar-refractivity contribution in [3.63, 3.8) is 0 Å². The van der Waals surface area contributed by atoms with Crippen LogP contribution in [0.4, 0.5) is 23.7 Å². The molecule has 144 valence electrons. The number of nitrogens with one attached hydrogen (secondary N) is 1. The Hall–Kier alpha value is -1.80. The van der Waals surface area contributed by atoms with Crippen molar-refractivity contribution in [1.82, 2.24) is 9.80 Å². The molecule has 0 aromatic heterocycles. The van der Waals surface area contributed by atoms with Crippen LogP contribution in [-0.4, -0.2) is 61.8 Å². The Balaban J connectivity index is 1.44. The maximum absolute atomic E-state index is 12.6. The predicted octanol–water partition coefficient (Wildman–Crippen LogP) is 3.28. The molecule has 0 spiro atoms. The van der Waals surface area contributed by atoms with Gasteiger partial charge < -0.3 is 15.0 Å². The molecule has 8 heteroatoms. The molecule has 1 N–H and O–H groups in total. The first-order valence-corrected chi connectivity index (χ1v) is 8.95. The zero-order valence-corrected chi connectivity index (χ0v) is 14.6. The summed E-state index contributed by atoms with van der Waals surface area (Å²) in [6, 6.07) is 4.26. The number of morpholine rings is 1. The molecule has 1 aromatic rings. The van der Waals surface area contributed by atoms with Gasteiger partial charge in [0.15, 0.2) is 0 Å². The van der Waals surface area contributed by atoms with E-state index in [9.17, 15) is 18.0 Å². The topological polar surface area (TPSA) is 44.8 Å². The molecule has 1 aromatic carbocycles. The molecule has 2 fully saturated rings. The van der Waals surface area contributed by atoms with E-state index < -0.39 is 11.7 Å². The third kappa shape index (κ3) is 5.11. The monoisotopic (exact) mass is 371 g/mol. The molecule has 0 aliphatic carbocycles. The van der Waals surface area contributed by atoms with Crippen LogP contribution in [0.15, 0.2) is 24.3 Å². The van der Waals surface area contributed by atoms with E-state index in [4.69, 9.17) is 4.74 Å². The number of urea groups is 1. The summed E-state index contributed by atoms with van der Waals surface area (Å²) in [5, 5.41) is 2.68. The normalized spacial score (nSPS) is 20.2. The highest BCUT2D eigenvalue weighted by Crippen LogP contribution is 2.30. The third-order valence-electron chi connectivity index (χ3n) is 4.99. The largest absolute Gasteiger partial charge is 0.416 e. The van der Waals surface area contributed by atoms with Gasteiger partial charge in [-0.15, -0.1) is 0 Å². The second-order valence-corrected chi connectivity index (χ2v) is 6.85. The molecule has 0 radical (unpaired) electrons. The Morgan fingerprint density at radius 2 is 1.69 bits per heavy atom. The summed E-state index contributed by atoms with van der Waals surface area (Å²) in [4.78, 5) is 16.5. The molecule has 0 bridgehead atoms. The number of hydrogen-bond donors (Lipinski definition) is 1. The summed E-state index contributed by atoms with van der Waals surface area (Å²) in [6.45, 7) is 5.88. The summed E-state index contributed by atoms with van der Waals surface area (Å²) in [5.41, 5.74) is -0.349. The lowest BCUT2D eigenvalue weighted by molar-refractivity contribution is -0.137. The molecule has 2 aliphatic heterocycles. The van der Waals surface area contributed by atoms with Crippen LogP contribution in [0.25, 0.3) is 0 Å². The van der Waals surface area contributed by atoms with Gasteiger partial charge in [0.1, 0.15) is 0 Å². The second kappa shape index (κ2) is 8.26. The number of ether oxygens (including phenoxy) is 1. The molecule has 2 amide bonds. The number of anilines is 1. The van der Waals surface area contributed by atoms with Gasteiger partial charge in [0.05, 0.1) is 18.8 Å². The van der Waals surface area contributed by atoms with E-state index in [2.05, 4.69) is 10.2 Å². The van der Waals surface area contributed by atoms with Gasteiger partial charge in [-0.1, -0.05) is 0 Å². The first-order chi connectivity index (χ1) is 12.4. The van der Waals surface area contributed by atoms with E-state index in [1.807, 2.05) is 0 Å². The molecule has 2 heterocycles. The predicted molar refractivity (Wildman–Crippen MR) is 92.0 cm³/mol. The minimum Gasteiger partial charge on any atom is -0.379 e. The van der Waals surface area contributed by atoms with Crippen molar-refractivity contribution in [2.24, 2.45) is 5.92 Å². The number of rotatable bonds is 3. The number of piperidine rings is 1. The minimum atomic E-state index is -4.37. The fourth-order valence-electron chi connectivity index (χ4n) is 3.41. The quantitative estimate of drug-likeness (QED) is 0.887. The third-order valence-corrected chi connectivity index (χ3v) is 4.99. The number of benzene rings is 1. The maximum atomic E-state index is 12.6. The van der Waals surface area contributed by atoms with Crippen LogP contribution in [0.3, 0.4) is 0 Å². The Morgan fingerprint density at radius 1 is 1.08 bits per heavy atom. The molecule has 0 saturated carbocycles. The number of halogens is 3. The lowest BCUT2D eigenvalue weighted by atomic mass is 9.96. The highest BCUT2D eigenvalue weighted by molar-refractivity contribution is 5.89. The second-order valence-electron chi connectivity index (χ2n) is 6.85. The van der Waals surface area contributed by atoms with Gasteiger partial charge in [0.25, 0.3) is 0 Å². The molecule has 2 aliphatic rings. The maximum Gasteiger partial charge on any atom is 0.416 e. The van der Waals surface area contributed by atoms with E-state index in [1.165, 1.54) is 12.1 Å². The smallest absolute Gasteiger partial charge is 0.379 e. The number of likely N-dealkylation sites (tertiary alicyclic amines) is 1. The highest BCUT2D eigenvalue weighted by Gasteiger charge is 2.30. The fraction of sp³-hybridized carbons (Fsp3) is 0.611. The molecule has 3 rings (SSSR count). The Bertz CT molecular complexity index is 593. The van der Waals surface area contributed by atoms with Gasteiger partial charge in [-0.3, -0.25) is 4.90 Å². The summed E-state index contributed by atoms with van der Waals surface area (Å²) in [7, 11) is 0. The Morgan fingerprint density at radius 3 is 2.27 bits per heavy atom. The van der Waals surface area contributed by atoms with Crippen molar-refractivity contribution in [2.45, 2.75) is 19.0 Å². The molecule has 26 heavy (non-hydrogen) atoms. The van der Waals surface area contributed by atoms with Crippen LogP contribution < -0.4 is 5.32 Å². The van der Waals surface area contributed by atoms with Crippen LogP contribution >= 0.6 is 0 Å². The molecule has 5 nitrogen and oxygen atoms in total.